The summed E-state index contributed by atoms with van der Waals surface area (Å²) in [6.07, 6.45) is 0. The number of rotatable bonds is 5. The minimum atomic E-state index is -0.871. The lowest BCUT2D eigenvalue weighted by Gasteiger charge is -2.24. The number of urea groups is 1. The van der Waals surface area contributed by atoms with Crippen LogP contribution < -0.4 is 10.6 Å². The van der Waals surface area contributed by atoms with Crippen LogP contribution in [0.15, 0.2) is 18.2 Å². The van der Waals surface area contributed by atoms with Gasteiger partial charge in [-0.05, 0) is 51.8 Å². The lowest BCUT2D eigenvalue weighted by molar-refractivity contribution is -0.145. The lowest BCUT2D eigenvalue weighted by atomic mass is 10.1. The van der Waals surface area contributed by atoms with E-state index in [0.29, 0.717) is 5.69 Å². The van der Waals surface area contributed by atoms with Crippen molar-refractivity contribution in [2.75, 3.05) is 19.0 Å². The fraction of sp³-hybridized carbons (Fsp3) is 0.529. The Hall–Kier alpha value is -2.08. The number of carbonyl (C=O) groups is 2. The minimum Gasteiger partial charge on any atom is -0.467 e. The second kappa shape index (κ2) is 7.97. The maximum absolute atomic E-state index is 12.1. The Morgan fingerprint density at radius 1 is 1.22 bits per heavy atom. The van der Waals surface area contributed by atoms with Gasteiger partial charge < -0.3 is 20.1 Å². The summed E-state index contributed by atoms with van der Waals surface area (Å²) < 4.78 is 10.3. The smallest absolute Gasteiger partial charge is 0.330 e. The lowest BCUT2D eigenvalue weighted by Crippen LogP contribution is -2.47. The van der Waals surface area contributed by atoms with E-state index < -0.39 is 23.6 Å². The molecule has 1 aromatic carbocycles. The van der Waals surface area contributed by atoms with Crippen molar-refractivity contribution in [2.24, 2.45) is 0 Å². The Balaban J connectivity index is 2.72. The summed E-state index contributed by atoms with van der Waals surface area (Å²) in [5, 5.41) is 5.33. The highest BCUT2D eigenvalue weighted by atomic mass is 16.5. The molecule has 1 unspecified atom stereocenters. The van der Waals surface area contributed by atoms with Crippen LogP contribution in [0.2, 0.25) is 0 Å². The number of ether oxygens (including phenoxy) is 2. The van der Waals surface area contributed by atoms with Gasteiger partial charge in [-0.2, -0.15) is 0 Å². The molecular formula is C17H26N2O4. The van der Waals surface area contributed by atoms with Crippen molar-refractivity contribution in [3.8, 4) is 0 Å². The number of methoxy groups -OCH3 is 1. The second-order valence-electron chi connectivity index (χ2n) is 6.42. The predicted octanol–water partition coefficient (Wildman–Crippen LogP) is 2.78. The van der Waals surface area contributed by atoms with Crippen LogP contribution in [-0.2, 0) is 14.3 Å². The molecule has 0 saturated heterocycles. The average molecular weight is 322 g/mol. The molecule has 0 fully saturated rings. The third kappa shape index (κ3) is 6.69. The van der Waals surface area contributed by atoms with E-state index in [9.17, 15) is 9.59 Å². The molecule has 0 aliphatic carbocycles. The summed E-state index contributed by atoms with van der Waals surface area (Å²) in [5.41, 5.74) is 2.25. The normalized spacial score (nSPS) is 12.4. The highest BCUT2D eigenvalue weighted by Crippen LogP contribution is 2.16. The first-order valence-electron chi connectivity index (χ1n) is 7.49. The zero-order chi connectivity index (χ0) is 17.6. The maximum atomic E-state index is 12.1. The number of aryl methyl sites for hydroxylation is 2. The van der Waals surface area contributed by atoms with Gasteiger partial charge >= 0.3 is 12.0 Å². The zero-order valence-corrected chi connectivity index (χ0v) is 14.6. The van der Waals surface area contributed by atoms with Crippen molar-refractivity contribution in [1.82, 2.24) is 5.32 Å². The van der Waals surface area contributed by atoms with Crippen LogP contribution in [0.1, 0.15) is 31.9 Å². The monoisotopic (exact) mass is 322 g/mol. The number of hydrogen-bond acceptors (Lipinski definition) is 4. The summed E-state index contributed by atoms with van der Waals surface area (Å²) in [7, 11) is 1.27. The van der Waals surface area contributed by atoms with Crippen molar-refractivity contribution in [2.45, 2.75) is 46.3 Å². The Morgan fingerprint density at radius 3 is 2.43 bits per heavy atom. The number of benzene rings is 1. The topological polar surface area (TPSA) is 76.7 Å². The molecule has 0 aromatic heterocycles. The summed E-state index contributed by atoms with van der Waals surface area (Å²) in [6.45, 7) is 9.50. The first kappa shape index (κ1) is 19.0. The van der Waals surface area contributed by atoms with Gasteiger partial charge in [0.05, 0.1) is 19.3 Å². The van der Waals surface area contributed by atoms with E-state index in [2.05, 4.69) is 10.6 Å². The molecule has 0 aliphatic rings. The Kier molecular flexibility index (Phi) is 6.57. The first-order valence-corrected chi connectivity index (χ1v) is 7.49. The molecule has 23 heavy (non-hydrogen) atoms. The van der Waals surface area contributed by atoms with E-state index in [4.69, 9.17) is 9.47 Å². The van der Waals surface area contributed by atoms with Crippen molar-refractivity contribution in [1.29, 1.82) is 0 Å². The number of esters is 1. The molecule has 1 aromatic rings. The van der Waals surface area contributed by atoms with Crippen LogP contribution >= 0.6 is 0 Å². The fourth-order valence-electron chi connectivity index (χ4n) is 1.83. The van der Waals surface area contributed by atoms with E-state index in [-0.39, 0.29) is 6.61 Å². The molecule has 1 rings (SSSR count). The molecule has 0 spiro atoms. The van der Waals surface area contributed by atoms with Crippen LogP contribution in [0.3, 0.4) is 0 Å². The van der Waals surface area contributed by atoms with Crippen molar-refractivity contribution in [3.05, 3.63) is 29.3 Å². The van der Waals surface area contributed by atoms with Gasteiger partial charge in [-0.25, -0.2) is 9.59 Å². The molecule has 6 heteroatoms. The Morgan fingerprint density at radius 2 is 1.87 bits per heavy atom. The number of carbonyl (C=O) groups excluding carboxylic acids is 2. The molecule has 0 aliphatic heterocycles. The van der Waals surface area contributed by atoms with Crippen LogP contribution in [0.5, 0.6) is 0 Å². The predicted molar refractivity (Wildman–Crippen MR) is 89.6 cm³/mol. The fourth-order valence-corrected chi connectivity index (χ4v) is 1.83. The third-order valence-corrected chi connectivity index (χ3v) is 3.12. The Labute approximate surface area is 137 Å². The van der Waals surface area contributed by atoms with Crippen LogP contribution in [0.4, 0.5) is 10.5 Å². The quantitative estimate of drug-likeness (QED) is 0.817. The second-order valence-corrected chi connectivity index (χ2v) is 6.42. The van der Waals surface area contributed by atoms with Gasteiger partial charge in [-0.1, -0.05) is 12.1 Å². The third-order valence-electron chi connectivity index (χ3n) is 3.12. The Bertz CT molecular complexity index is 564. The van der Waals surface area contributed by atoms with Gasteiger partial charge in [0.25, 0.3) is 0 Å². The SMILES string of the molecule is COC(=O)C(COC(C)(C)C)NC(=O)Nc1cc(C)ccc1C. The maximum Gasteiger partial charge on any atom is 0.330 e. The van der Waals surface area contributed by atoms with Crippen molar-refractivity contribution in [3.63, 3.8) is 0 Å². The van der Waals surface area contributed by atoms with E-state index in [1.807, 2.05) is 52.8 Å². The average Bonchev–Trinajstić information content (AvgIpc) is 2.45. The molecule has 6 nitrogen and oxygen atoms in total. The zero-order valence-electron chi connectivity index (χ0n) is 14.6. The van der Waals surface area contributed by atoms with Crippen LogP contribution in [-0.4, -0.2) is 37.4 Å². The number of amides is 2. The first-order chi connectivity index (χ1) is 10.6. The molecule has 0 radical (unpaired) electrons. The molecule has 0 bridgehead atoms. The van der Waals surface area contributed by atoms with Gasteiger partial charge in [0.15, 0.2) is 6.04 Å². The molecule has 2 amide bonds. The summed E-state index contributed by atoms with van der Waals surface area (Å²) in [4.78, 5) is 23.9. The molecule has 1 atom stereocenters. The molecule has 0 saturated carbocycles. The van der Waals surface area contributed by atoms with Crippen molar-refractivity contribution >= 4 is 17.7 Å². The van der Waals surface area contributed by atoms with Crippen molar-refractivity contribution < 1.29 is 19.1 Å². The van der Waals surface area contributed by atoms with E-state index in [1.54, 1.807) is 0 Å². The van der Waals surface area contributed by atoms with Crippen LogP contribution in [0, 0.1) is 13.8 Å². The summed E-state index contributed by atoms with van der Waals surface area (Å²) >= 11 is 0. The standard InChI is InChI=1S/C17H26N2O4/c1-11-7-8-12(2)13(9-11)18-16(21)19-14(15(20)22-6)10-23-17(3,4)5/h7-9,14H,10H2,1-6H3,(H2,18,19,21). The molecule has 128 valence electrons. The minimum absolute atomic E-state index is 0.0381. The largest absolute Gasteiger partial charge is 0.467 e. The number of anilines is 1. The molecule has 0 heterocycles. The van der Waals surface area contributed by atoms with Gasteiger partial charge in [0.2, 0.25) is 0 Å². The van der Waals surface area contributed by atoms with Gasteiger partial charge in [-0.15, -0.1) is 0 Å². The highest BCUT2D eigenvalue weighted by molar-refractivity contribution is 5.93. The van der Waals surface area contributed by atoms with Crippen LogP contribution in [0.25, 0.3) is 0 Å². The van der Waals surface area contributed by atoms with E-state index in [0.717, 1.165) is 11.1 Å². The highest BCUT2D eigenvalue weighted by Gasteiger charge is 2.24. The summed E-state index contributed by atoms with van der Waals surface area (Å²) in [6, 6.07) is 4.40. The van der Waals surface area contributed by atoms with E-state index in [1.165, 1.54) is 7.11 Å². The number of hydrogen-bond donors (Lipinski definition) is 2. The molecular weight excluding hydrogens is 296 g/mol. The van der Waals surface area contributed by atoms with E-state index >= 15 is 0 Å². The summed E-state index contributed by atoms with van der Waals surface area (Å²) in [5.74, 6) is -0.551. The van der Waals surface area contributed by atoms with Gasteiger partial charge in [0, 0.05) is 5.69 Å². The van der Waals surface area contributed by atoms with Gasteiger partial charge in [-0.3, -0.25) is 0 Å². The molecule has 2 N–H and O–H groups in total. The number of nitrogens with one attached hydrogen (secondary N) is 2. The van der Waals surface area contributed by atoms with Gasteiger partial charge in [0.1, 0.15) is 0 Å².